The summed E-state index contributed by atoms with van der Waals surface area (Å²) in [5.74, 6) is 0.499. The number of halogens is 1. The summed E-state index contributed by atoms with van der Waals surface area (Å²) in [7, 11) is 1.64. The highest BCUT2D eigenvalue weighted by molar-refractivity contribution is 6.01. The molecule has 156 valence electrons. The number of methoxy groups -OCH3 is 1. The van der Waals surface area contributed by atoms with Crippen LogP contribution in [0.25, 0.3) is 0 Å². The summed E-state index contributed by atoms with van der Waals surface area (Å²) >= 11 is 0. The summed E-state index contributed by atoms with van der Waals surface area (Å²) in [5, 5.41) is 6.90. The minimum atomic E-state index is -0.550. The van der Waals surface area contributed by atoms with Crippen molar-refractivity contribution in [1.29, 1.82) is 0 Å². The van der Waals surface area contributed by atoms with E-state index in [-0.39, 0.29) is 17.5 Å². The van der Waals surface area contributed by atoms with Crippen molar-refractivity contribution >= 4 is 17.2 Å². The summed E-state index contributed by atoms with van der Waals surface area (Å²) < 4.78 is 20.2. The fourth-order valence-electron chi connectivity index (χ4n) is 4.57. The monoisotopic (exact) mass is 414 g/mol. The van der Waals surface area contributed by atoms with E-state index in [0.717, 1.165) is 28.4 Å². The molecule has 1 heterocycles. The van der Waals surface area contributed by atoms with Crippen LogP contribution in [-0.2, 0) is 4.79 Å². The first-order valence-electron chi connectivity index (χ1n) is 10.4. The lowest BCUT2D eigenvalue weighted by molar-refractivity contribution is -0.116. The maximum absolute atomic E-state index is 14.8. The van der Waals surface area contributed by atoms with Crippen LogP contribution < -0.4 is 15.4 Å². The fraction of sp³-hybridized carbons (Fsp3) is 0.192. The van der Waals surface area contributed by atoms with E-state index < -0.39 is 6.04 Å². The van der Waals surface area contributed by atoms with E-state index in [9.17, 15) is 9.18 Å². The first-order valence-corrected chi connectivity index (χ1v) is 10.4. The van der Waals surface area contributed by atoms with Gasteiger partial charge in [0.05, 0.1) is 24.5 Å². The molecule has 2 aliphatic rings. The summed E-state index contributed by atoms with van der Waals surface area (Å²) in [4.78, 5) is 13.5. The second kappa shape index (κ2) is 7.91. The lowest BCUT2D eigenvalue weighted by Gasteiger charge is -2.30. The van der Waals surface area contributed by atoms with Gasteiger partial charge in [0.15, 0.2) is 5.78 Å². The molecule has 1 aliphatic heterocycles. The number of benzene rings is 3. The van der Waals surface area contributed by atoms with Gasteiger partial charge in [-0.1, -0.05) is 42.5 Å². The number of nitrogens with one attached hydrogen (secondary N) is 2. The van der Waals surface area contributed by atoms with Gasteiger partial charge in [0.2, 0.25) is 0 Å². The normalized spacial score (nSPS) is 20.1. The summed E-state index contributed by atoms with van der Waals surface area (Å²) in [6, 6.07) is 21.7. The van der Waals surface area contributed by atoms with E-state index in [1.165, 1.54) is 6.07 Å². The molecular weight excluding hydrogens is 391 g/mol. The Bertz CT molecular complexity index is 1190. The largest absolute Gasteiger partial charge is 0.497 e. The van der Waals surface area contributed by atoms with Gasteiger partial charge in [-0.15, -0.1) is 0 Å². The van der Waals surface area contributed by atoms with Crippen LogP contribution in [0.4, 0.5) is 15.8 Å². The van der Waals surface area contributed by atoms with Crippen LogP contribution in [0.15, 0.2) is 84.1 Å². The molecule has 0 saturated carbocycles. The van der Waals surface area contributed by atoms with Gasteiger partial charge in [-0.3, -0.25) is 4.79 Å². The third kappa shape index (κ3) is 3.56. The number of carbonyl (C=O) groups excluding carboxylic acids is 1. The first kappa shape index (κ1) is 19.4. The lowest BCUT2D eigenvalue weighted by atomic mass is 9.78. The van der Waals surface area contributed by atoms with Crippen LogP contribution in [0.1, 0.15) is 35.9 Å². The molecule has 4 nitrogen and oxygen atoms in total. The third-order valence-electron chi connectivity index (χ3n) is 6.09. The zero-order chi connectivity index (χ0) is 21.4. The molecule has 2 N–H and O–H groups in total. The number of Topliss-reactive ketones (excluding diaryl/α,β-unsaturated/α-hetero) is 1. The molecule has 0 radical (unpaired) electrons. The molecule has 31 heavy (non-hydrogen) atoms. The molecule has 0 bridgehead atoms. The molecule has 2 atom stereocenters. The maximum atomic E-state index is 14.8. The molecule has 5 rings (SSSR count). The first-order chi connectivity index (χ1) is 15.1. The van der Waals surface area contributed by atoms with Gasteiger partial charge in [0, 0.05) is 23.3 Å². The van der Waals surface area contributed by atoms with Crippen LogP contribution in [-0.4, -0.2) is 12.9 Å². The Balaban J connectivity index is 1.61. The zero-order valence-corrected chi connectivity index (χ0v) is 17.2. The molecule has 3 aromatic rings. The molecular formula is C26H23FN2O2. The van der Waals surface area contributed by atoms with E-state index in [1.807, 2.05) is 48.5 Å². The minimum absolute atomic E-state index is 0.0233. The Labute approximate surface area is 180 Å². The predicted molar refractivity (Wildman–Crippen MR) is 120 cm³/mol. The van der Waals surface area contributed by atoms with Crippen LogP contribution in [0.3, 0.4) is 0 Å². The quantitative estimate of drug-likeness (QED) is 0.568. The lowest BCUT2D eigenvalue weighted by Crippen LogP contribution is -2.27. The van der Waals surface area contributed by atoms with Gasteiger partial charge < -0.3 is 15.4 Å². The number of allylic oxidation sites excluding steroid dienone is 1. The predicted octanol–water partition coefficient (Wildman–Crippen LogP) is 5.81. The molecule has 3 aromatic carbocycles. The van der Waals surface area contributed by atoms with Crippen molar-refractivity contribution in [3.8, 4) is 5.75 Å². The highest BCUT2D eigenvalue weighted by Gasteiger charge is 2.36. The van der Waals surface area contributed by atoms with Crippen LogP contribution in [0.2, 0.25) is 0 Å². The van der Waals surface area contributed by atoms with Crippen molar-refractivity contribution < 1.29 is 13.9 Å². The van der Waals surface area contributed by atoms with Gasteiger partial charge in [-0.05, 0) is 48.2 Å². The Morgan fingerprint density at radius 2 is 1.71 bits per heavy atom. The summed E-state index contributed by atoms with van der Waals surface area (Å²) in [6.07, 6.45) is 1.03. The average molecular weight is 414 g/mol. The van der Waals surface area contributed by atoms with Crippen molar-refractivity contribution in [2.45, 2.75) is 24.8 Å². The molecule has 0 aromatic heterocycles. The molecule has 0 amide bonds. The number of carbonyl (C=O) groups is 1. The van der Waals surface area contributed by atoms with Crippen molar-refractivity contribution in [2.75, 3.05) is 17.7 Å². The smallest absolute Gasteiger partial charge is 0.163 e. The zero-order valence-electron chi connectivity index (χ0n) is 17.2. The number of hydrogen-bond donors (Lipinski definition) is 2. The van der Waals surface area contributed by atoms with E-state index in [1.54, 1.807) is 25.3 Å². The average Bonchev–Trinajstić information content (AvgIpc) is 2.96. The topological polar surface area (TPSA) is 50.4 Å². The minimum Gasteiger partial charge on any atom is -0.497 e. The van der Waals surface area contributed by atoms with Crippen molar-refractivity contribution in [3.05, 3.63) is 101 Å². The second-order valence-electron chi connectivity index (χ2n) is 7.97. The summed E-state index contributed by atoms with van der Waals surface area (Å²) in [5.41, 5.74) is 4.72. The second-order valence-corrected chi connectivity index (χ2v) is 7.97. The SMILES string of the molecule is COc1cccc([C@@H]2CC(=O)C3=C(C2)Nc2ccccc2N[C@H]3c2ccccc2F)c1. The fourth-order valence-corrected chi connectivity index (χ4v) is 4.57. The molecule has 0 fully saturated rings. The molecule has 5 heteroatoms. The van der Waals surface area contributed by atoms with Gasteiger partial charge in [0.1, 0.15) is 11.6 Å². The highest BCUT2D eigenvalue weighted by Crippen LogP contribution is 2.44. The Morgan fingerprint density at radius 3 is 2.52 bits per heavy atom. The van der Waals surface area contributed by atoms with E-state index in [0.29, 0.717) is 24.0 Å². The van der Waals surface area contributed by atoms with Gasteiger partial charge in [-0.2, -0.15) is 0 Å². The van der Waals surface area contributed by atoms with Crippen molar-refractivity contribution in [1.82, 2.24) is 0 Å². The third-order valence-corrected chi connectivity index (χ3v) is 6.09. The Hall–Kier alpha value is -3.60. The highest BCUT2D eigenvalue weighted by atomic mass is 19.1. The molecule has 0 unspecified atom stereocenters. The van der Waals surface area contributed by atoms with Gasteiger partial charge >= 0.3 is 0 Å². The van der Waals surface area contributed by atoms with Gasteiger partial charge in [-0.25, -0.2) is 4.39 Å². The van der Waals surface area contributed by atoms with Crippen LogP contribution >= 0.6 is 0 Å². The maximum Gasteiger partial charge on any atom is 0.163 e. The molecule has 0 spiro atoms. The summed E-state index contributed by atoms with van der Waals surface area (Å²) in [6.45, 7) is 0. The molecule has 1 aliphatic carbocycles. The van der Waals surface area contributed by atoms with Crippen LogP contribution in [0, 0.1) is 5.82 Å². The van der Waals surface area contributed by atoms with E-state index in [4.69, 9.17) is 4.74 Å². The van der Waals surface area contributed by atoms with Crippen LogP contribution in [0.5, 0.6) is 5.75 Å². The standard InChI is InChI=1S/C26H23FN2O2/c1-31-18-8-6-7-16(13-18)17-14-23-25(24(30)15-17)26(19-9-2-3-10-20(19)27)29-22-12-5-4-11-21(22)28-23/h2-13,17,26,28-29H,14-15H2,1H3/t17-,26-/m0/s1. The Kier molecular flexibility index (Phi) is 4.94. The Morgan fingerprint density at radius 1 is 0.935 bits per heavy atom. The van der Waals surface area contributed by atoms with Gasteiger partial charge in [0.25, 0.3) is 0 Å². The number of fused-ring (bicyclic) bond motifs is 1. The number of hydrogen-bond acceptors (Lipinski definition) is 4. The van der Waals surface area contributed by atoms with E-state index >= 15 is 0 Å². The number of ketones is 1. The number of ether oxygens (including phenoxy) is 1. The number of rotatable bonds is 3. The molecule has 0 saturated heterocycles. The van der Waals surface area contributed by atoms with Crippen molar-refractivity contribution in [3.63, 3.8) is 0 Å². The van der Waals surface area contributed by atoms with E-state index in [2.05, 4.69) is 10.6 Å². The van der Waals surface area contributed by atoms with Crippen molar-refractivity contribution in [2.24, 2.45) is 0 Å². The number of anilines is 2. The number of para-hydroxylation sites is 2.